The Balaban J connectivity index is 1.53. The van der Waals surface area contributed by atoms with Crippen LogP contribution in [0.2, 0.25) is 0 Å². The van der Waals surface area contributed by atoms with Crippen molar-refractivity contribution in [3.63, 3.8) is 0 Å². The number of nitrogens with one attached hydrogen (secondary N) is 2. The number of sulfonamides is 1. The van der Waals surface area contributed by atoms with E-state index in [0.717, 1.165) is 4.47 Å². The quantitative estimate of drug-likeness (QED) is 0.531. The fourth-order valence-electron chi connectivity index (χ4n) is 2.26. The molecule has 9 heteroatoms. The Morgan fingerprint density at radius 2 is 1.75 bits per heavy atom. The highest BCUT2D eigenvalue weighted by molar-refractivity contribution is 9.10. The molecule has 0 saturated carbocycles. The van der Waals surface area contributed by atoms with E-state index in [1.165, 1.54) is 30.5 Å². The van der Waals surface area contributed by atoms with Crippen molar-refractivity contribution in [3.8, 4) is 5.75 Å². The minimum atomic E-state index is -3.68. The lowest BCUT2D eigenvalue weighted by Crippen LogP contribution is -2.23. The molecule has 0 aliphatic heterocycles. The van der Waals surface area contributed by atoms with Crippen molar-refractivity contribution >= 4 is 37.5 Å². The predicted molar refractivity (Wildman–Crippen MR) is 107 cm³/mol. The molecule has 0 aliphatic carbocycles. The van der Waals surface area contributed by atoms with Crippen LogP contribution in [0.15, 0.2) is 80.7 Å². The van der Waals surface area contributed by atoms with Crippen LogP contribution in [0, 0.1) is 0 Å². The van der Waals surface area contributed by atoms with Crippen LogP contribution >= 0.6 is 15.9 Å². The van der Waals surface area contributed by atoms with Crippen molar-refractivity contribution in [2.24, 2.45) is 0 Å². The maximum Gasteiger partial charge on any atom is 0.262 e. The summed E-state index contributed by atoms with van der Waals surface area (Å²) in [7, 11) is -3.68. The number of amides is 1. The average Bonchev–Trinajstić information content (AvgIpc) is 3.20. The average molecular weight is 465 g/mol. The van der Waals surface area contributed by atoms with Crippen LogP contribution in [0.4, 0.5) is 5.69 Å². The lowest BCUT2D eigenvalue weighted by atomic mass is 10.3. The van der Waals surface area contributed by atoms with Gasteiger partial charge in [-0.2, -0.15) is 0 Å². The summed E-state index contributed by atoms with van der Waals surface area (Å²) in [6.45, 7) is -0.104. The van der Waals surface area contributed by atoms with Crippen LogP contribution in [0.1, 0.15) is 5.76 Å². The van der Waals surface area contributed by atoms with Crippen molar-refractivity contribution in [2.75, 3.05) is 11.9 Å². The molecule has 0 atom stereocenters. The summed E-state index contributed by atoms with van der Waals surface area (Å²) in [6, 6.07) is 16.3. The maximum absolute atomic E-state index is 12.3. The molecule has 0 bridgehead atoms. The third kappa shape index (κ3) is 5.69. The minimum Gasteiger partial charge on any atom is -0.484 e. The molecule has 1 heterocycles. The number of hydrogen-bond donors (Lipinski definition) is 2. The number of hydrogen-bond acceptors (Lipinski definition) is 5. The van der Waals surface area contributed by atoms with Gasteiger partial charge in [0.25, 0.3) is 5.91 Å². The summed E-state index contributed by atoms with van der Waals surface area (Å²) >= 11 is 3.32. The molecule has 3 aromatic rings. The number of carbonyl (C=O) groups is 1. The Bertz CT molecular complexity index is 1020. The molecule has 1 aromatic heterocycles. The van der Waals surface area contributed by atoms with Gasteiger partial charge in [-0.1, -0.05) is 15.9 Å². The van der Waals surface area contributed by atoms with Gasteiger partial charge < -0.3 is 14.5 Å². The molecule has 7 nitrogen and oxygen atoms in total. The third-order valence-corrected chi connectivity index (χ3v) is 5.59. The molecular weight excluding hydrogens is 448 g/mol. The van der Waals surface area contributed by atoms with E-state index in [2.05, 4.69) is 26.0 Å². The van der Waals surface area contributed by atoms with E-state index in [9.17, 15) is 13.2 Å². The number of anilines is 1. The molecule has 0 aliphatic rings. The first kappa shape index (κ1) is 20.1. The number of rotatable bonds is 8. The molecule has 0 saturated heterocycles. The van der Waals surface area contributed by atoms with Crippen molar-refractivity contribution in [3.05, 3.63) is 77.2 Å². The lowest BCUT2D eigenvalue weighted by molar-refractivity contribution is -0.118. The van der Waals surface area contributed by atoms with Gasteiger partial charge in [0.05, 0.1) is 17.7 Å². The molecule has 0 fully saturated rings. The largest absolute Gasteiger partial charge is 0.484 e. The molecule has 0 spiro atoms. The van der Waals surface area contributed by atoms with E-state index in [1.807, 2.05) is 12.1 Å². The summed E-state index contributed by atoms with van der Waals surface area (Å²) in [5.41, 5.74) is 0.467. The summed E-state index contributed by atoms with van der Waals surface area (Å²) in [5, 5.41) is 2.65. The van der Waals surface area contributed by atoms with Crippen LogP contribution in [0.3, 0.4) is 0 Å². The van der Waals surface area contributed by atoms with Crippen LogP contribution < -0.4 is 14.8 Å². The SMILES string of the molecule is O=C(COc1ccc(Br)cc1)Nc1ccc(S(=O)(=O)NCc2ccco2)cc1. The molecule has 28 heavy (non-hydrogen) atoms. The Morgan fingerprint density at radius 3 is 2.39 bits per heavy atom. The van der Waals surface area contributed by atoms with Gasteiger partial charge in [0.1, 0.15) is 11.5 Å². The highest BCUT2D eigenvalue weighted by Gasteiger charge is 2.14. The fraction of sp³-hybridized carbons (Fsp3) is 0.105. The van der Waals surface area contributed by atoms with Gasteiger partial charge in [-0.3, -0.25) is 4.79 Å². The van der Waals surface area contributed by atoms with E-state index < -0.39 is 10.0 Å². The second kappa shape index (κ2) is 9.05. The molecule has 1 amide bonds. The van der Waals surface area contributed by atoms with Crippen LogP contribution in [0.5, 0.6) is 5.75 Å². The highest BCUT2D eigenvalue weighted by atomic mass is 79.9. The first-order chi connectivity index (χ1) is 13.4. The Morgan fingerprint density at radius 1 is 1.04 bits per heavy atom. The molecule has 0 unspecified atom stereocenters. The fourth-order valence-corrected chi connectivity index (χ4v) is 3.51. The summed E-state index contributed by atoms with van der Waals surface area (Å²) in [6.07, 6.45) is 1.47. The van der Waals surface area contributed by atoms with Gasteiger partial charge >= 0.3 is 0 Å². The zero-order valence-corrected chi connectivity index (χ0v) is 17.0. The molecule has 2 N–H and O–H groups in total. The van der Waals surface area contributed by atoms with Crippen LogP contribution in [0.25, 0.3) is 0 Å². The molecule has 146 valence electrons. The third-order valence-electron chi connectivity index (χ3n) is 3.65. The Hall–Kier alpha value is -2.62. The zero-order valence-electron chi connectivity index (χ0n) is 14.6. The Kier molecular flexibility index (Phi) is 6.50. The van der Waals surface area contributed by atoms with Crippen molar-refractivity contribution in [2.45, 2.75) is 11.4 Å². The standard InChI is InChI=1S/C19H17BrN2O5S/c20-14-3-7-16(8-4-14)27-13-19(23)22-15-5-9-18(10-6-15)28(24,25)21-12-17-2-1-11-26-17/h1-11,21H,12-13H2,(H,22,23). The Labute approximate surface area is 170 Å². The second-order valence-corrected chi connectivity index (χ2v) is 8.40. The van der Waals surface area contributed by atoms with E-state index in [1.54, 1.807) is 24.3 Å². The van der Waals surface area contributed by atoms with Crippen molar-refractivity contribution < 1.29 is 22.4 Å². The summed E-state index contributed by atoms with van der Waals surface area (Å²) in [5.74, 6) is 0.732. The molecular formula is C19H17BrN2O5S. The van der Waals surface area contributed by atoms with Gasteiger partial charge in [0.2, 0.25) is 10.0 Å². The number of benzene rings is 2. The van der Waals surface area contributed by atoms with E-state index in [4.69, 9.17) is 9.15 Å². The van der Waals surface area contributed by atoms with Crippen molar-refractivity contribution in [1.29, 1.82) is 0 Å². The molecule has 2 aromatic carbocycles. The van der Waals surface area contributed by atoms with E-state index in [-0.39, 0.29) is 24.0 Å². The van der Waals surface area contributed by atoms with Gasteiger partial charge in [0, 0.05) is 10.2 Å². The topological polar surface area (TPSA) is 97.6 Å². The molecule has 3 rings (SSSR count). The number of ether oxygens (including phenoxy) is 1. The zero-order chi connectivity index (χ0) is 20.0. The summed E-state index contributed by atoms with van der Waals surface area (Å²) in [4.78, 5) is 12.1. The first-order valence-electron chi connectivity index (χ1n) is 8.23. The van der Waals surface area contributed by atoms with Crippen LogP contribution in [-0.2, 0) is 21.4 Å². The number of carbonyl (C=O) groups excluding carboxylic acids is 1. The normalized spacial score (nSPS) is 11.2. The second-order valence-electron chi connectivity index (χ2n) is 5.72. The minimum absolute atomic E-state index is 0.0568. The number of furan rings is 1. The van der Waals surface area contributed by atoms with Gasteiger partial charge in [-0.25, -0.2) is 13.1 Å². The van der Waals surface area contributed by atoms with E-state index in [0.29, 0.717) is 17.2 Å². The van der Waals surface area contributed by atoms with Gasteiger partial charge in [0.15, 0.2) is 6.61 Å². The predicted octanol–water partition coefficient (Wildman–Crippen LogP) is 3.54. The highest BCUT2D eigenvalue weighted by Crippen LogP contribution is 2.17. The molecule has 0 radical (unpaired) electrons. The van der Waals surface area contributed by atoms with Gasteiger partial charge in [-0.15, -0.1) is 0 Å². The van der Waals surface area contributed by atoms with Crippen molar-refractivity contribution in [1.82, 2.24) is 4.72 Å². The van der Waals surface area contributed by atoms with Gasteiger partial charge in [-0.05, 0) is 60.7 Å². The monoisotopic (exact) mass is 464 g/mol. The van der Waals surface area contributed by atoms with E-state index >= 15 is 0 Å². The smallest absolute Gasteiger partial charge is 0.262 e. The number of halogens is 1. The lowest BCUT2D eigenvalue weighted by Gasteiger charge is -2.09. The first-order valence-corrected chi connectivity index (χ1v) is 10.5. The maximum atomic E-state index is 12.3. The summed E-state index contributed by atoms with van der Waals surface area (Å²) < 4.78 is 38.4. The van der Waals surface area contributed by atoms with Crippen LogP contribution in [-0.4, -0.2) is 20.9 Å².